The van der Waals surface area contributed by atoms with Crippen LogP contribution in [0.3, 0.4) is 0 Å². The molecular weight excluding hydrogens is 418 g/mol. The molecule has 1 unspecified atom stereocenters. The summed E-state index contributed by atoms with van der Waals surface area (Å²) in [5.74, 6) is -0.152. The van der Waals surface area contributed by atoms with E-state index in [0.29, 0.717) is 17.9 Å². The number of carboxylic acid groups (broad SMARTS) is 1. The lowest BCUT2D eigenvalue weighted by Gasteiger charge is -2.24. The number of fused-ring (bicyclic) bond motifs is 1. The second kappa shape index (κ2) is 9.01. The standard InChI is InChI=1S/C23H27NO6S/c1-4-23(2,22(25)26)29-18-10-8-16(9-11-18)6-5-7-17-15-24-21-13-12-19(14-20(17)21)30-31(3,27)28/h8-15,24H,4-7H2,1-3H3,(H,25,26). The highest BCUT2D eigenvalue weighted by molar-refractivity contribution is 7.86. The van der Waals surface area contributed by atoms with Crippen molar-refractivity contribution >= 4 is 27.0 Å². The van der Waals surface area contributed by atoms with Crippen LogP contribution in [-0.2, 0) is 27.8 Å². The molecule has 1 heterocycles. The number of carboxylic acids is 1. The van der Waals surface area contributed by atoms with Crippen molar-refractivity contribution in [3.05, 3.63) is 59.8 Å². The van der Waals surface area contributed by atoms with Crippen LogP contribution in [0.5, 0.6) is 11.5 Å². The first kappa shape index (κ1) is 22.7. The molecule has 0 radical (unpaired) electrons. The largest absolute Gasteiger partial charge is 0.478 e. The SMILES string of the molecule is CCC(C)(Oc1ccc(CCCc2c[nH]c3ccc(OS(C)(=O)=O)cc23)cc1)C(=O)O. The summed E-state index contributed by atoms with van der Waals surface area (Å²) in [7, 11) is -3.57. The Morgan fingerprint density at radius 2 is 1.77 bits per heavy atom. The number of aryl methyl sites for hydroxylation is 2. The van der Waals surface area contributed by atoms with Gasteiger partial charge in [0.15, 0.2) is 0 Å². The molecule has 0 aliphatic rings. The first-order valence-electron chi connectivity index (χ1n) is 10.1. The Kier molecular flexibility index (Phi) is 6.59. The van der Waals surface area contributed by atoms with E-state index in [4.69, 9.17) is 8.92 Å². The van der Waals surface area contributed by atoms with Gasteiger partial charge in [0.1, 0.15) is 11.5 Å². The van der Waals surface area contributed by atoms with Crippen molar-refractivity contribution in [2.75, 3.05) is 6.26 Å². The quantitative estimate of drug-likeness (QED) is 0.451. The second-order valence-corrected chi connectivity index (χ2v) is 9.37. The molecule has 0 fully saturated rings. The predicted octanol–water partition coefficient (Wildman–Crippen LogP) is 4.31. The third kappa shape index (κ3) is 5.79. The summed E-state index contributed by atoms with van der Waals surface area (Å²) < 4.78 is 33.4. The van der Waals surface area contributed by atoms with Gasteiger partial charge in [0.05, 0.1) is 6.26 Å². The number of hydrogen-bond acceptors (Lipinski definition) is 5. The molecular formula is C23H27NO6S. The molecule has 0 spiro atoms. The summed E-state index contributed by atoms with van der Waals surface area (Å²) in [6, 6.07) is 12.7. The van der Waals surface area contributed by atoms with Crippen molar-refractivity contribution in [3.8, 4) is 11.5 Å². The fraction of sp³-hybridized carbons (Fsp3) is 0.348. The summed E-state index contributed by atoms with van der Waals surface area (Å²) >= 11 is 0. The molecule has 7 nitrogen and oxygen atoms in total. The van der Waals surface area contributed by atoms with Crippen molar-refractivity contribution < 1.29 is 27.2 Å². The van der Waals surface area contributed by atoms with Gasteiger partial charge < -0.3 is 19.0 Å². The zero-order valence-electron chi connectivity index (χ0n) is 17.8. The number of nitrogens with one attached hydrogen (secondary N) is 1. The van der Waals surface area contributed by atoms with Gasteiger partial charge in [-0.1, -0.05) is 19.1 Å². The summed E-state index contributed by atoms with van der Waals surface area (Å²) in [4.78, 5) is 14.6. The highest BCUT2D eigenvalue weighted by Gasteiger charge is 2.33. The van der Waals surface area contributed by atoms with E-state index in [2.05, 4.69) is 4.98 Å². The van der Waals surface area contributed by atoms with Crippen LogP contribution in [0, 0.1) is 0 Å². The van der Waals surface area contributed by atoms with E-state index in [0.717, 1.165) is 47.5 Å². The number of benzene rings is 2. The molecule has 0 saturated carbocycles. The van der Waals surface area contributed by atoms with Gasteiger partial charge in [-0.25, -0.2) is 4.79 Å². The van der Waals surface area contributed by atoms with Gasteiger partial charge in [-0.2, -0.15) is 8.42 Å². The summed E-state index contributed by atoms with van der Waals surface area (Å²) in [5.41, 5.74) is 1.90. The molecule has 1 atom stereocenters. The van der Waals surface area contributed by atoms with Crippen molar-refractivity contribution in [2.24, 2.45) is 0 Å². The van der Waals surface area contributed by atoms with E-state index >= 15 is 0 Å². The maximum Gasteiger partial charge on any atom is 0.347 e. The average molecular weight is 446 g/mol. The van der Waals surface area contributed by atoms with Crippen molar-refractivity contribution in [3.63, 3.8) is 0 Å². The smallest absolute Gasteiger partial charge is 0.347 e. The number of rotatable bonds is 10. The first-order chi connectivity index (χ1) is 14.6. The monoisotopic (exact) mass is 445 g/mol. The van der Waals surface area contributed by atoms with E-state index in [-0.39, 0.29) is 0 Å². The third-order valence-corrected chi connectivity index (χ3v) is 5.79. The van der Waals surface area contributed by atoms with E-state index in [1.165, 1.54) is 0 Å². The normalized spacial score (nSPS) is 13.6. The van der Waals surface area contributed by atoms with Gasteiger partial charge >= 0.3 is 16.1 Å². The zero-order chi connectivity index (χ0) is 22.6. The molecule has 2 aromatic carbocycles. The number of ether oxygens (including phenoxy) is 1. The maximum absolute atomic E-state index is 11.4. The zero-order valence-corrected chi connectivity index (χ0v) is 18.7. The van der Waals surface area contributed by atoms with Gasteiger partial charge in [0.2, 0.25) is 5.60 Å². The Balaban J connectivity index is 1.62. The first-order valence-corrected chi connectivity index (χ1v) is 11.9. The van der Waals surface area contributed by atoms with Crippen LogP contribution >= 0.6 is 0 Å². The maximum atomic E-state index is 11.4. The number of H-pyrrole nitrogens is 1. The minimum absolute atomic E-state index is 0.298. The Hall–Kier alpha value is -3.00. The Labute approximate surface area is 182 Å². The minimum atomic E-state index is -3.57. The van der Waals surface area contributed by atoms with E-state index < -0.39 is 21.7 Å². The summed E-state index contributed by atoms with van der Waals surface area (Å²) in [6.45, 7) is 3.35. The molecule has 3 aromatic rings. The van der Waals surface area contributed by atoms with Crippen LogP contribution < -0.4 is 8.92 Å². The van der Waals surface area contributed by atoms with Gasteiger partial charge in [0.25, 0.3) is 0 Å². The molecule has 31 heavy (non-hydrogen) atoms. The predicted molar refractivity (Wildman–Crippen MR) is 119 cm³/mol. The molecule has 3 rings (SSSR count). The molecule has 0 aliphatic carbocycles. The molecule has 1 aromatic heterocycles. The number of hydrogen-bond donors (Lipinski definition) is 2. The fourth-order valence-corrected chi connectivity index (χ4v) is 3.78. The van der Waals surface area contributed by atoms with Crippen molar-refractivity contribution in [1.29, 1.82) is 0 Å². The molecule has 0 bridgehead atoms. The fourth-order valence-electron chi connectivity index (χ4n) is 3.33. The molecule has 166 valence electrons. The highest BCUT2D eigenvalue weighted by Crippen LogP contribution is 2.26. The lowest BCUT2D eigenvalue weighted by Crippen LogP contribution is -2.40. The Morgan fingerprint density at radius 3 is 2.39 bits per heavy atom. The summed E-state index contributed by atoms with van der Waals surface area (Å²) in [5, 5.41) is 10.3. The van der Waals surface area contributed by atoms with E-state index in [9.17, 15) is 18.3 Å². The molecule has 2 N–H and O–H groups in total. The topological polar surface area (TPSA) is 106 Å². The highest BCUT2D eigenvalue weighted by atomic mass is 32.2. The summed E-state index contributed by atoms with van der Waals surface area (Å²) in [6.07, 6.45) is 5.88. The van der Waals surface area contributed by atoms with E-state index in [1.54, 1.807) is 44.2 Å². The van der Waals surface area contributed by atoms with E-state index in [1.807, 2.05) is 18.3 Å². The van der Waals surface area contributed by atoms with Gasteiger partial charge in [-0.05, 0) is 74.1 Å². The average Bonchev–Trinajstić information content (AvgIpc) is 3.10. The second-order valence-electron chi connectivity index (χ2n) is 7.80. The van der Waals surface area contributed by atoms with Crippen molar-refractivity contribution in [2.45, 2.75) is 45.1 Å². The molecule has 8 heteroatoms. The Bertz CT molecular complexity index is 1170. The molecule has 0 amide bonds. The third-order valence-electron chi connectivity index (χ3n) is 5.29. The van der Waals surface area contributed by atoms with Crippen LogP contribution in [0.25, 0.3) is 10.9 Å². The lowest BCUT2D eigenvalue weighted by molar-refractivity contribution is -0.154. The number of carbonyl (C=O) groups is 1. The van der Waals surface area contributed by atoms with Crippen LogP contribution in [0.4, 0.5) is 0 Å². The minimum Gasteiger partial charge on any atom is -0.478 e. The Morgan fingerprint density at radius 1 is 1.10 bits per heavy atom. The number of aromatic amines is 1. The van der Waals surface area contributed by atoms with Crippen LogP contribution in [0.2, 0.25) is 0 Å². The van der Waals surface area contributed by atoms with Crippen molar-refractivity contribution in [1.82, 2.24) is 4.98 Å². The van der Waals surface area contributed by atoms with Gasteiger partial charge in [-0.3, -0.25) is 0 Å². The number of aliphatic carboxylic acids is 1. The lowest BCUT2D eigenvalue weighted by atomic mass is 10.0. The van der Waals surface area contributed by atoms with Crippen LogP contribution in [0.1, 0.15) is 37.8 Å². The number of aromatic nitrogens is 1. The van der Waals surface area contributed by atoms with Gasteiger partial charge in [0, 0.05) is 17.1 Å². The van der Waals surface area contributed by atoms with Gasteiger partial charge in [-0.15, -0.1) is 0 Å². The molecule has 0 saturated heterocycles. The van der Waals surface area contributed by atoms with Crippen LogP contribution in [0.15, 0.2) is 48.7 Å². The van der Waals surface area contributed by atoms with Crippen LogP contribution in [-0.4, -0.2) is 36.3 Å². The molecule has 0 aliphatic heterocycles.